The summed E-state index contributed by atoms with van der Waals surface area (Å²) in [5, 5.41) is 3.09. The third-order valence-electron chi connectivity index (χ3n) is 6.19. The Morgan fingerprint density at radius 3 is 2.38 bits per heavy atom. The number of carbonyl (C=O) groups excluding carboxylic acids is 2. The second-order valence-corrected chi connectivity index (χ2v) is 10.6. The molecular formula is C21H31N3O4S. The van der Waals surface area contributed by atoms with Crippen molar-refractivity contribution in [2.75, 3.05) is 24.2 Å². The molecule has 1 aliphatic heterocycles. The summed E-state index contributed by atoms with van der Waals surface area (Å²) in [5.41, 5.74) is 1.39. The topological polar surface area (TPSA) is 86.8 Å². The molecule has 1 aromatic carbocycles. The van der Waals surface area contributed by atoms with Gasteiger partial charge in [-0.05, 0) is 56.9 Å². The van der Waals surface area contributed by atoms with Crippen molar-refractivity contribution < 1.29 is 18.0 Å². The van der Waals surface area contributed by atoms with Crippen LogP contribution in [-0.4, -0.2) is 55.5 Å². The molecule has 8 heteroatoms. The molecule has 2 amide bonds. The van der Waals surface area contributed by atoms with Gasteiger partial charge in [0.15, 0.2) is 0 Å². The third kappa shape index (κ3) is 4.48. The van der Waals surface area contributed by atoms with Crippen LogP contribution in [0.2, 0.25) is 0 Å². The first-order chi connectivity index (χ1) is 13.5. The Bertz CT molecular complexity index is 909. The second-order valence-electron chi connectivity index (χ2n) is 8.61. The Balaban J connectivity index is 1.99. The van der Waals surface area contributed by atoms with E-state index in [1.54, 1.807) is 6.92 Å². The van der Waals surface area contributed by atoms with Crippen LogP contribution < -0.4 is 10.2 Å². The van der Waals surface area contributed by atoms with Gasteiger partial charge in [-0.2, -0.15) is 4.31 Å². The van der Waals surface area contributed by atoms with E-state index in [1.807, 2.05) is 32.0 Å². The van der Waals surface area contributed by atoms with Gasteiger partial charge in [0.2, 0.25) is 21.8 Å². The van der Waals surface area contributed by atoms with Crippen LogP contribution in [0, 0.1) is 13.8 Å². The number of sulfonamides is 1. The van der Waals surface area contributed by atoms with Crippen molar-refractivity contribution in [3.63, 3.8) is 0 Å². The zero-order chi connectivity index (χ0) is 21.4. The average Bonchev–Trinajstić information content (AvgIpc) is 2.64. The molecule has 1 aliphatic carbocycles. The number of nitrogens with one attached hydrogen (secondary N) is 1. The number of hydrogen-bond donors (Lipinski definition) is 1. The zero-order valence-electron chi connectivity index (χ0n) is 17.7. The van der Waals surface area contributed by atoms with Gasteiger partial charge in [0.1, 0.15) is 5.54 Å². The first kappa shape index (κ1) is 21.8. The second kappa shape index (κ2) is 8.07. The Morgan fingerprint density at radius 2 is 1.79 bits per heavy atom. The maximum absolute atomic E-state index is 13.4. The number of nitrogens with zero attached hydrogens (tertiary/aromatic N) is 2. The van der Waals surface area contributed by atoms with E-state index >= 15 is 0 Å². The maximum atomic E-state index is 13.4. The molecular weight excluding hydrogens is 390 g/mol. The molecule has 1 saturated carbocycles. The molecule has 0 aromatic heterocycles. The molecule has 1 heterocycles. The minimum atomic E-state index is -3.61. The highest BCUT2D eigenvalue weighted by Crippen LogP contribution is 2.32. The summed E-state index contributed by atoms with van der Waals surface area (Å²) in [6, 6.07) is 5.69. The molecule has 160 valence electrons. The Morgan fingerprint density at radius 1 is 1.14 bits per heavy atom. The molecule has 0 bridgehead atoms. The summed E-state index contributed by atoms with van der Waals surface area (Å²) >= 11 is 0. The third-order valence-corrected chi connectivity index (χ3v) is 7.38. The molecule has 7 nitrogen and oxygen atoms in total. The monoisotopic (exact) mass is 421 g/mol. The molecule has 1 aromatic rings. The number of piperazine rings is 1. The lowest BCUT2D eigenvalue weighted by Gasteiger charge is -2.47. The largest absolute Gasteiger partial charge is 0.351 e. The highest BCUT2D eigenvalue weighted by molar-refractivity contribution is 7.88. The van der Waals surface area contributed by atoms with Gasteiger partial charge in [0.05, 0.1) is 12.8 Å². The quantitative estimate of drug-likeness (QED) is 0.807. The Hall–Kier alpha value is -1.93. The van der Waals surface area contributed by atoms with Crippen molar-refractivity contribution in [1.29, 1.82) is 0 Å². The highest BCUT2D eigenvalue weighted by atomic mass is 32.2. The van der Waals surface area contributed by atoms with Gasteiger partial charge < -0.3 is 5.32 Å². The van der Waals surface area contributed by atoms with Crippen LogP contribution >= 0.6 is 0 Å². The number of rotatable bonds is 4. The van der Waals surface area contributed by atoms with Crippen LogP contribution in [-0.2, 0) is 19.6 Å². The molecule has 2 aliphatic rings. The van der Waals surface area contributed by atoms with Gasteiger partial charge >= 0.3 is 0 Å². The molecule has 0 radical (unpaired) electrons. The lowest BCUT2D eigenvalue weighted by atomic mass is 9.91. The van der Waals surface area contributed by atoms with E-state index in [2.05, 4.69) is 5.32 Å². The number of benzene rings is 1. The minimum Gasteiger partial charge on any atom is -0.351 e. The van der Waals surface area contributed by atoms with Crippen molar-refractivity contribution in [3.8, 4) is 0 Å². The smallest absolute Gasteiger partial charge is 0.247 e. The summed E-state index contributed by atoms with van der Waals surface area (Å²) in [6.07, 6.45) is 6.20. The molecule has 1 saturated heterocycles. The van der Waals surface area contributed by atoms with E-state index in [1.165, 1.54) is 11.3 Å². The highest BCUT2D eigenvalue weighted by Gasteiger charge is 2.50. The van der Waals surface area contributed by atoms with Crippen LogP contribution in [0.15, 0.2) is 18.2 Å². The molecule has 2 fully saturated rings. The summed E-state index contributed by atoms with van der Waals surface area (Å²) in [5.74, 6) is -0.699. The van der Waals surface area contributed by atoms with E-state index in [4.69, 9.17) is 0 Å². The predicted octanol–water partition coefficient (Wildman–Crippen LogP) is 2.12. The fourth-order valence-electron chi connectivity index (χ4n) is 4.26. The lowest BCUT2D eigenvalue weighted by Crippen LogP contribution is -2.70. The first-order valence-corrected chi connectivity index (χ1v) is 12.0. The Labute approximate surface area is 173 Å². The normalized spacial score (nSPS) is 24.6. The fourth-order valence-corrected chi connectivity index (χ4v) is 5.09. The summed E-state index contributed by atoms with van der Waals surface area (Å²) in [7, 11) is -3.61. The molecule has 1 atom stereocenters. The maximum Gasteiger partial charge on any atom is 0.247 e. The van der Waals surface area contributed by atoms with Gasteiger partial charge in [0, 0.05) is 18.3 Å². The average molecular weight is 422 g/mol. The van der Waals surface area contributed by atoms with Gasteiger partial charge in [-0.3, -0.25) is 14.5 Å². The van der Waals surface area contributed by atoms with Gasteiger partial charge in [-0.1, -0.05) is 25.3 Å². The number of anilines is 1. The minimum absolute atomic E-state index is 0.0664. The number of amides is 2. The van der Waals surface area contributed by atoms with Crippen LogP contribution in [0.25, 0.3) is 0 Å². The van der Waals surface area contributed by atoms with Crippen LogP contribution in [0.3, 0.4) is 0 Å². The van der Waals surface area contributed by atoms with Crippen molar-refractivity contribution in [3.05, 3.63) is 29.3 Å². The summed E-state index contributed by atoms with van der Waals surface area (Å²) in [4.78, 5) is 28.0. The van der Waals surface area contributed by atoms with E-state index < -0.39 is 21.5 Å². The van der Waals surface area contributed by atoms with Crippen molar-refractivity contribution in [2.24, 2.45) is 0 Å². The molecule has 3 rings (SSSR count). The van der Waals surface area contributed by atoms with E-state index in [0.29, 0.717) is 5.69 Å². The lowest BCUT2D eigenvalue weighted by molar-refractivity contribution is -0.133. The molecule has 0 spiro atoms. The van der Waals surface area contributed by atoms with E-state index in [9.17, 15) is 18.0 Å². The van der Waals surface area contributed by atoms with Gasteiger partial charge in [-0.15, -0.1) is 0 Å². The van der Waals surface area contributed by atoms with Crippen LogP contribution in [0.5, 0.6) is 0 Å². The van der Waals surface area contributed by atoms with Crippen LogP contribution in [0.1, 0.15) is 50.2 Å². The van der Waals surface area contributed by atoms with E-state index in [-0.39, 0.29) is 25.0 Å². The van der Waals surface area contributed by atoms with Crippen molar-refractivity contribution in [2.45, 2.75) is 64.5 Å². The van der Waals surface area contributed by atoms with Crippen molar-refractivity contribution >= 4 is 27.5 Å². The number of carbonyl (C=O) groups is 2. The number of aryl methyl sites for hydroxylation is 2. The zero-order valence-corrected chi connectivity index (χ0v) is 18.5. The van der Waals surface area contributed by atoms with E-state index in [0.717, 1.165) is 47.4 Å². The molecule has 0 unspecified atom stereocenters. The van der Waals surface area contributed by atoms with Gasteiger partial charge in [0.25, 0.3) is 0 Å². The fraction of sp³-hybridized carbons (Fsp3) is 0.619. The van der Waals surface area contributed by atoms with Gasteiger partial charge in [-0.25, -0.2) is 8.42 Å². The Kier molecular flexibility index (Phi) is 6.06. The summed E-state index contributed by atoms with van der Waals surface area (Å²) in [6.45, 7) is 5.27. The predicted molar refractivity (Wildman–Crippen MR) is 113 cm³/mol. The SMILES string of the molecule is Cc1ccc(N2C(=O)CN(S(C)(=O)=O)C[C@]2(C)C(=O)NC2CCCCC2)cc1C. The first-order valence-electron chi connectivity index (χ1n) is 10.2. The standard InChI is InChI=1S/C21H31N3O4S/c1-15-10-11-18(12-16(15)2)24-19(25)13-23(29(4,27)28)14-21(24,3)20(26)22-17-8-6-5-7-9-17/h10-12,17H,5-9,13-14H2,1-4H3,(H,22,26)/t21-/m1/s1. The van der Waals surface area contributed by atoms with Crippen molar-refractivity contribution in [1.82, 2.24) is 9.62 Å². The molecule has 29 heavy (non-hydrogen) atoms. The summed E-state index contributed by atoms with van der Waals surface area (Å²) < 4.78 is 25.5. The number of hydrogen-bond acceptors (Lipinski definition) is 4. The van der Waals surface area contributed by atoms with Crippen LogP contribution in [0.4, 0.5) is 5.69 Å². The molecule has 1 N–H and O–H groups in total.